The fourth-order valence-corrected chi connectivity index (χ4v) is 4.72. The van der Waals surface area contributed by atoms with Crippen LogP contribution in [0.5, 0.6) is 11.5 Å². The summed E-state index contributed by atoms with van der Waals surface area (Å²) in [7, 11) is 3.31. The maximum atomic E-state index is 10.7. The molecule has 4 nitrogen and oxygen atoms in total. The molecule has 1 saturated heterocycles. The Morgan fingerprint density at radius 3 is 3.18 bits per heavy atom. The first-order valence-electron chi connectivity index (χ1n) is 9.69. The molecule has 4 aliphatic rings. The van der Waals surface area contributed by atoms with Gasteiger partial charge in [0.05, 0.1) is 11.2 Å². The third-order valence-electron chi connectivity index (χ3n) is 5.70. The van der Waals surface area contributed by atoms with E-state index in [0.29, 0.717) is 29.8 Å². The minimum atomic E-state index is -1.69. The van der Waals surface area contributed by atoms with E-state index in [1.807, 2.05) is 18.0 Å². The van der Waals surface area contributed by atoms with Gasteiger partial charge in [0.2, 0.25) is 0 Å². The van der Waals surface area contributed by atoms with Crippen molar-refractivity contribution in [1.82, 2.24) is 4.90 Å². The van der Waals surface area contributed by atoms with E-state index in [2.05, 4.69) is 0 Å². The van der Waals surface area contributed by atoms with Gasteiger partial charge in [-0.25, -0.2) is 0 Å². The lowest BCUT2D eigenvalue weighted by Gasteiger charge is -2.56. The molecule has 5 rings (SSSR count). The van der Waals surface area contributed by atoms with Gasteiger partial charge in [-0.05, 0) is 38.0 Å². The minimum absolute atomic E-state index is 0.0299. The van der Waals surface area contributed by atoms with E-state index in [1.54, 1.807) is 6.08 Å². The summed E-state index contributed by atoms with van der Waals surface area (Å²) < 4.78 is 46.6. The van der Waals surface area contributed by atoms with Crippen molar-refractivity contribution in [2.75, 3.05) is 20.7 Å². The minimum Gasteiger partial charge on any atom is -0.493 e. The summed E-state index contributed by atoms with van der Waals surface area (Å²) >= 11 is 0. The lowest BCUT2D eigenvalue weighted by atomic mass is 9.53. The first kappa shape index (κ1) is 9.58. The van der Waals surface area contributed by atoms with E-state index in [-0.39, 0.29) is 30.2 Å². The summed E-state index contributed by atoms with van der Waals surface area (Å²) in [6, 6.07) is -1.11. The number of aliphatic hydroxyl groups is 1. The maximum Gasteiger partial charge on any atom is 0.165 e. The molecule has 2 bridgehead atoms. The van der Waals surface area contributed by atoms with Crippen LogP contribution < -0.4 is 9.47 Å². The average Bonchev–Trinajstić information content (AvgIpc) is 2.87. The average molecular weight is 303 g/mol. The van der Waals surface area contributed by atoms with Gasteiger partial charge in [-0.2, -0.15) is 0 Å². The van der Waals surface area contributed by atoms with E-state index >= 15 is 0 Å². The maximum absolute atomic E-state index is 10.7. The Bertz CT molecular complexity index is 877. The number of methoxy groups -OCH3 is 1. The molecule has 1 N–H and O–H groups in total. The molecule has 0 aromatic heterocycles. The number of likely N-dealkylation sites (tertiary alicyclic amines) is 1. The Hall–Kier alpha value is -1.52. The highest BCUT2D eigenvalue weighted by Gasteiger charge is 2.64. The number of ether oxygens (including phenoxy) is 2. The summed E-state index contributed by atoms with van der Waals surface area (Å²) in [5.74, 6) is 0.105. The Balaban J connectivity index is 1.95. The van der Waals surface area contributed by atoms with Crippen molar-refractivity contribution in [1.29, 1.82) is 0 Å². The van der Waals surface area contributed by atoms with E-state index < -0.39 is 23.6 Å². The zero-order valence-corrected chi connectivity index (χ0v) is 12.6. The summed E-state index contributed by atoms with van der Waals surface area (Å²) in [6.07, 6.45) is 1.40. The van der Waals surface area contributed by atoms with Crippen LogP contribution >= 0.6 is 0 Å². The van der Waals surface area contributed by atoms with Gasteiger partial charge in [-0.1, -0.05) is 18.2 Å². The number of piperidine rings is 1. The molecule has 1 spiro atoms. The topological polar surface area (TPSA) is 41.9 Å². The monoisotopic (exact) mass is 303 g/mol. The third-order valence-corrected chi connectivity index (χ3v) is 5.70. The number of benzene rings is 1. The molecule has 1 fully saturated rings. The zero-order chi connectivity index (χ0) is 18.6. The first-order valence-corrected chi connectivity index (χ1v) is 7.69. The molecular weight excluding hydrogens is 278 g/mol. The van der Waals surface area contributed by atoms with Crippen LogP contribution in [0.2, 0.25) is 0 Å². The smallest absolute Gasteiger partial charge is 0.165 e. The SMILES string of the molecule is [2H]c1c([2H])c(OC)c2c3c1C[C@]1([2H])[C@@H]4C=CC(O)C([2H])(O2)[C@]34CCN1C. The molecule has 2 aliphatic heterocycles. The van der Waals surface area contributed by atoms with Crippen LogP contribution in [0.4, 0.5) is 0 Å². The molecule has 0 amide bonds. The Labute approximate surface area is 135 Å². The van der Waals surface area contributed by atoms with Crippen LogP contribution in [0.1, 0.15) is 23.0 Å². The first-order chi connectivity index (χ1) is 12.2. The van der Waals surface area contributed by atoms with Crippen LogP contribution in [-0.4, -0.2) is 48.9 Å². The molecule has 22 heavy (non-hydrogen) atoms. The third kappa shape index (κ3) is 1.28. The van der Waals surface area contributed by atoms with Gasteiger partial charge in [0, 0.05) is 24.3 Å². The number of aliphatic hydroxyl groups excluding tert-OH is 1. The van der Waals surface area contributed by atoms with Crippen LogP contribution in [0.25, 0.3) is 0 Å². The molecule has 4 heteroatoms. The lowest BCUT2D eigenvalue weighted by Crippen LogP contribution is -2.64. The number of hydrogen-bond donors (Lipinski definition) is 1. The van der Waals surface area contributed by atoms with Gasteiger partial charge in [-0.15, -0.1) is 0 Å². The van der Waals surface area contributed by atoms with Crippen molar-refractivity contribution < 1.29 is 20.1 Å². The summed E-state index contributed by atoms with van der Waals surface area (Å²) in [6.45, 7) is 0.599. The molecule has 2 unspecified atom stereocenters. The standard InChI is InChI=1S/C18H21NO3/c1-19-8-7-18-11-4-5-13(20)17(18)22-16-14(21-2)6-3-10(15(16)18)9-12(11)19/h3-6,11-13,17,20H,7-9H2,1-2H3/t11-,12+,13?,17?,18-/m0/s1/i3D,6D,12D,17D. The quantitative estimate of drug-likeness (QED) is 0.799. The summed E-state index contributed by atoms with van der Waals surface area (Å²) in [5, 5.41) is 10.7. The van der Waals surface area contributed by atoms with Gasteiger partial charge >= 0.3 is 0 Å². The molecule has 2 aliphatic carbocycles. The molecule has 0 saturated carbocycles. The van der Waals surface area contributed by atoms with Crippen LogP contribution in [0, 0.1) is 5.92 Å². The fraction of sp³-hybridized carbons (Fsp3) is 0.556. The second-order valence-electron chi connectivity index (χ2n) is 6.55. The Morgan fingerprint density at radius 2 is 2.36 bits per heavy atom. The summed E-state index contributed by atoms with van der Waals surface area (Å²) in [4.78, 5) is 1.96. The van der Waals surface area contributed by atoms with Crippen molar-refractivity contribution in [3.8, 4) is 11.5 Å². The van der Waals surface area contributed by atoms with E-state index in [0.717, 1.165) is 0 Å². The second kappa shape index (κ2) is 4.06. The van der Waals surface area contributed by atoms with Crippen molar-refractivity contribution in [3.05, 3.63) is 35.4 Å². The van der Waals surface area contributed by atoms with E-state index in [4.69, 9.17) is 13.6 Å². The number of likely N-dealkylation sites (N-methyl/N-ethyl adjacent to an activating group) is 1. The summed E-state index contributed by atoms with van der Waals surface area (Å²) in [5.41, 5.74) is 0.365. The normalized spacial score (nSPS) is 50.3. The largest absolute Gasteiger partial charge is 0.493 e. The molecule has 116 valence electrons. The highest BCUT2D eigenvalue weighted by atomic mass is 16.5. The lowest BCUT2D eigenvalue weighted by molar-refractivity contribution is -0.0453. The number of rotatable bonds is 1. The van der Waals surface area contributed by atoms with Gasteiger partial charge in [0.15, 0.2) is 11.5 Å². The van der Waals surface area contributed by atoms with Gasteiger partial charge in [0.25, 0.3) is 0 Å². The van der Waals surface area contributed by atoms with Crippen LogP contribution in [0.3, 0.4) is 0 Å². The van der Waals surface area contributed by atoms with E-state index in [1.165, 1.54) is 7.11 Å². The highest BCUT2D eigenvalue weighted by Crippen LogP contribution is 2.62. The van der Waals surface area contributed by atoms with Gasteiger partial charge < -0.3 is 19.5 Å². The van der Waals surface area contributed by atoms with Crippen molar-refractivity contribution in [3.63, 3.8) is 0 Å². The predicted molar refractivity (Wildman–Crippen MR) is 82.5 cm³/mol. The van der Waals surface area contributed by atoms with Crippen molar-refractivity contribution in [2.24, 2.45) is 5.92 Å². The predicted octanol–water partition coefficient (Wildman–Crippen LogP) is 1.50. The Kier molecular flexibility index (Phi) is 1.77. The fourth-order valence-electron chi connectivity index (χ4n) is 4.72. The molecule has 5 atom stereocenters. The number of nitrogens with zero attached hydrogens (tertiary/aromatic N) is 1. The second-order valence-corrected chi connectivity index (χ2v) is 6.55. The van der Waals surface area contributed by atoms with Crippen molar-refractivity contribution >= 4 is 0 Å². The Morgan fingerprint density at radius 1 is 1.50 bits per heavy atom. The van der Waals surface area contributed by atoms with Crippen LogP contribution in [-0.2, 0) is 11.8 Å². The molecule has 0 radical (unpaired) electrons. The zero-order valence-electron chi connectivity index (χ0n) is 16.6. The molecule has 2 heterocycles. The van der Waals surface area contributed by atoms with Crippen molar-refractivity contribution in [2.45, 2.75) is 36.5 Å². The van der Waals surface area contributed by atoms with Gasteiger partial charge in [-0.3, -0.25) is 0 Å². The molecule has 1 aromatic rings. The highest BCUT2D eigenvalue weighted by molar-refractivity contribution is 5.62. The van der Waals surface area contributed by atoms with Gasteiger partial charge in [0.1, 0.15) is 12.2 Å². The van der Waals surface area contributed by atoms with Crippen LogP contribution in [0.15, 0.2) is 24.2 Å². The molecule has 1 aromatic carbocycles. The molecular formula is C18H21NO3. The number of hydrogen-bond acceptors (Lipinski definition) is 4. The van der Waals surface area contributed by atoms with E-state index in [9.17, 15) is 6.48 Å².